The van der Waals surface area contributed by atoms with Crippen molar-refractivity contribution in [1.82, 2.24) is 4.90 Å². The summed E-state index contributed by atoms with van der Waals surface area (Å²) in [6, 6.07) is 6.00. The summed E-state index contributed by atoms with van der Waals surface area (Å²) in [7, 11) is 1.77. The number of ether oxygens (including phenoxy) is 1. The molecule has 1 amide bonds. The fraction of sp³-hybridized carbons (Fsp3) is 0.562. The van der Waals surface area contributed by atoms with Crippen molar-refractivity contribution < 1.29 is 13.9 Å². The van der Waals surface area contributed by atoms with Gasteiger partial charge < -0.3 is 15.4 Å². The highest BCUT2D eigenvalue weighted by Gasteiger charge is 2.41. The fourth-order valence-corrected chi connectivity index (χ4v) is 2.92. The first-order chi connectivity index (χ1) is 10.1. The van der Waals surface area contributed by atoms with Crippen LogP contribution in [0.1, 0.15) is 25.7 Å². The first-order valence-corrected chi connectivity index (χ1v) is 7.41. The van der Waals surface area contributed by atoms with Crippen molar-refractivity contribution in [2.75, 3.05) is 26.7 Å². The Hall–Kier alpha value is -1.62. The molecule has 1 aliphatic rings. The third-order valence-electron chi connectivity index (χ3n) is 4.24. The Morgan fingerprint density at radius 1 is 1.43 bits per heavy atom. The molecular weight excluding hydrogens is 271 g/mol. The largest absolute Gasteiger partial charge is 0.492 e. The van der Waals surface area contributed by atoms with E-state index in [1.807, 2.05) is 0 Å². The molecule has 5 heteroatoms. The Balaban J connectivity index is 1.84. The molecular formula is C16H23FN2O2. The molecule has 0 radical (unpaired) electrons. The smallest absolute Gasteiger partial charge is 0.229 e. The van der Waals surface area contributed by atoms with E-state index in [2.05, 4.69) is 0 Å². The number of amides is 1. The van der Waals surface area contributed by atoms with Crippen LogP contribution in [0.4, 0.5) is 4.39 Å². The molecule has 0 spiro atoms. The molecule has 0 aliphatic heterocycles. The average Bonchev–Trinajstić information content (AvgIpc) is 2.96. The SMILES string of the molecule is CN(CCOc1cccc(F)c1)C(=O)C1(CN)CCCC1. The molecule has 21 heavy (non-hydrogen) atoms. The lowest BCUT2D eigenvalue weighted by Gasteiger charge is -2.31. The summed E-state index contributed by atoms with van der Waals surface area (Å²) < 4.78 is 18.5. The number of carbonyl (C=O) groups is 1. The van der Waals surface area contributed by atoms with Crippen molar-refractivity contribution in [2.45, 2.75) is 25.7 Å². The molecule has 2 N–H and O–H groups in total. The molecule has 1 saturated carbocycles. The first-order valence-electron chi connectivity index (χ1n) is 7.41. The van der Waals surface area contributed by atoms with E-state index in [0.717, 1.165) is 25.7 Å². The van der Waals surface area contributed by atoms with Gasteiger partial charge in [-0.2, -0.15) is 0 Å². The van der Waals surface area contributed by atoms with Crippen LogP contribution in [0, 0.1) is 11.2 Å². The number of carbonyl (C=O) groups excluding carboxylic acids is 1. The quantitative estimate of drug-likeness (QED) is 0.875. The molecule has 116 valence electrons. The van der Waals surface area contributed by atoms with Gasteiger partial charge in [0.05, 0.1) is 12.0 Å². The maximum Gasteiger partial charge on any atom is 0.229 e. The molecule has 0 saturated heterocycles. The highest BCUT2D eigenvalue weighted by molar-refractivity contribution is 5.83. The van der Waals surface area contributed by atoms with Gasteiger partial charge in [-0.15, -0.1) is 0 Å². The standard InChI is InChI=1S/C16H23FN2O2/c1-19(15(20)16(12-18)7-2-3-8-16)9-10-21-14-6-4-5-13(17)11-14/h4-6,11H,2-3,7-10,12,18H2,1H3. The second-order valence-electron chi connectivity index (χ2n) is 5.72. The van der Waals surface area contributed by atoms with Gasteiger partial charge in [-0.05, 0) is 25.0 Å². The normalized spacial score (nSPS) is 16.7. The van der Waals surface area contributed by atoms with Gasteiger partial charge >= 0.3 is 0 Å². The van der Waals surface area contributed by atoms with E-state index in [9.17, 15) is 9.18 Å². The molecule has 0 unspecified atom stereocenters. The number of hydrogen-bond donors (Lipinski definition) is 1. The van der Waals surface area contributed by atoms with E-state index in [0.29, 0.717) is 25.4 Å². The van der Waals surface area contributed by atoms with E-state index >= 15 is 0 Å². The number of halogens is 1. The van der Waals surface area contributed by atoms with Crippen LogP contribution in [0.5, 0.6) is 5.75 Å². The third-order valence-corrected chi connectivity index (χ3v) is 4.24. The number of nitrogens with zero attached hydrogens (tertiary/aromatic N) is 1. The molecule has 2 rings (SSSR count). The zero-order valence-electron chi connectivity index (χ0n) is 12.5. The van der Waals surface area contributed by atoms with Gasteiger partial charge in [0, 0.05) is 19.7 Å². The number of hydrogen-bond acceptors (Lipinski definition) is 3. The Morgan fingerprint density at radius 2 is 2.14 bits per heavy atom. The van der Waals surface area contributed by atoms with Crippen LogP contribution < -0.4 is 10.5 Å². The van der Waals surface area contributed by atoms with Crippen LogP contribution in [0.2, 0.25) is 0 Å². The summed E-state index contributed by atoms with van der Waals surface area (Å²) in [5.41, 5.74) is 5.44. The Morgan fingerprint density at radius 3 is 2.76 bits per heavy atom. The number of benzene rings is 1. The predicted octanol–water partition coefficient (Wildman–Crippen LogP) is 2.18. The average molecular weight is 294 g/mol. The molecule has 0 bridgehead atoms. The van der Waals surface area contributed by atoms with Crippen LogP contribution in [0.15, 0.2) is 24.3 Å². The molecule has 1 aromatic rings. The molecule has 4 nitrogen and oxygen atoms in total. The number of nitrogens with two attached hydrogens (primary N) is 1. The second-order valence-corrected chi connectivity index (χ2v) is 5.72. The Labute approximate surface area is 125 Å². The fourth-order valence-electron chi connectivity index (χ4n) is 2.92. The zero-order chi connectivity index (χ0) is 15.3. The lowest BCUT2D eigenvalue weighted by atomic mass is 9.85. The minimum Gasteiger partial charge on any atom is -0.492 e. The van der Waals surface area contributed by atoms with E-state index in [1.54, 1.807) is 24.1 Å². The van der Waals surface area contributed by atoms with Crippen molar-refractivity contribution in [3.8, 4) is 5.75 Å². The Bertz CT molecular complexity index is 487. The van der Waals surface area contributed by atoms with E-state index in [1.165, 1.54) is 12.1 Å². The van der Waals surface area contributed by atoms with Crippen LogP contribution >= 0.6 is 0 Å². The molecule has 1 fully saturated rings. The van der Waals surface area contributed by atoms with Gasteiger partial charge in [-0.3, -0.25) is 4.79 Å². The van der Waals surface area contributed by atoms with E-state index < -0.39 is 0 Å². The summed E-state index contributed by atoms with van der Waals surface area (Å²) >= 11 is 0. The topological polar surface area (TPSA) is 55.6 Å². The van der Waals surface area contributed by atoms with Gasteiger partial charge in [0.25, 0.3) is 0 Å². The number of rotatable bonds is 6. The van der Waals surface area contributed by atoms with Gasteiger partial charge in [0.1, 0.15) is 18.2 Å². The highest BCUT2D eigenvalue weighted by atomic mass is 19.1. The van der Waals surface area contributed by atoms with Gasteiger partial charge in [0.15, 0.2) is 0 Å². The summed E-state index contributed by atoms with van der Waals surface area (Å²) in [5.74, 6) is 0.251. The monoisotopic (exact) mass is 294 g/mol. The van der Waals surface area contributed by atoms with Crippen molar-refractivity contribution in [2.24, 2.45) is 11.1 Å². The molecule has 1 aromatic carbocycles. The van der Waals surface area contributed by atoms with Crippen LogP contribution in [-0.4, -0.2) is 37.6 Å². The third kappa shape index (κ3) is 3.73. The summed E-state index contributed by atoms with van der Waals surface area (Å²) in [5, 5.41) is 0. The minimum atomic E-state index is -0.381. The lowest BCUT2D eigenvalue weighted by molar-refractivity contribution is -0.140. The maximum atomic E-state index is 13.0. The lowest BCUT2D eigenvalue weighted by Crippen LogP contribution is -2.46. The maximum absolute atomic E-state index is 13.0. The van der Waals surface area contributed by atoms with Gasteiger partial charge in [-0.25, -0.2) is 4.39 Å². The number of likely N-dealkylation sites (N-methyl/N-ethyl adjacent to an activating group) is 1. The van der Waals surface area contributed by atoms with Crippen molar-refractivity contribution in [3.63, 3.8) is 0 Å². The summed E-state index contributed by atoms with van der Waals surface area (Å²) in [6.07, 6.45) is 3.88. The van der Waals surface area contributed by atoms with Gasteiger partial charge in [-0.1, -0.05) is 18.9 Å². The van der Waals surface area contributed by atoms with E-state index in [4.69, 9.17) is 10.5 Å². The minimum absolute atomic E-state index is 0.102. The van der Waals surface area contributed by atoms with Gasteiger partial charge in [0.2, 0.25) is 5.91 Å². The summed E-state index contributed by atoms with van der Waals surface area (Å²) in [6.45, 7) is 1.21. The molecule has 0 heterocycles. The van der Waals surface area contributed by atoms with Crippen molar-refractivity contribution >= 4 is 5.91 Å². The molecule has 0 atom stereocenters. The molecule has 1 aliphatic carbocycles. The summed E-state index contributed by atoms with van der Waals surface area (Å²) in [4.78, 5) is 14.2. The van der Waals surface area contributed by atoms with Crippen molar-refractivity contribution in [3.05, 3.63) is 30.1 Å². The Kier molecular flexibility index (Phi) is 5.17. The predicted molar refractivity (Wildman–Crippen MR) is 79.5 cm³/mol. The van der Waals surface area contributed by atoms with Crippen LogP contribution in [0.3, 0.4) is 0 Å². The zero-order valence-corrected chi connectivity index (χ0v) is 12.5. The van der Waals surface area contributed by atoms with E-state index in [-0.39, 0.29) is 17.1 Å². The van der Waals surface area contributed by atoms with Crippen LogP contribution in [-0.2, 0) is 4.79 Å². The second kappa shape index (κ2) is 6.89. The first kappa shape index (κ1) is 15.8. The molecule has 0 aromatic heterocycles. The van der Waals surface area contributed by atoms with Crippen LogP contribution in [0.25, 0.3) is 0 Å². The van der Waals surface area contributed by atoms with Crippen molar-refractivity contribution in [1.29, 1.82) is 0 Å². The highest BCUT2D eigenvalue weighted by Crippen LogP contribution is 2.38.